The third-order valence-corrected chi connectivity index (χ3v) is 4.14. The first kappa shape index (κ1) is 15.3. The number of nitrogens with one attached hydrogen (secondary N) is 2. The molecule has 0 aliphatic rings. The number of anilines is 1. The summed E-state index contributed by atoms with van der Waals surface area (Å²) >= 11 is 9.35. The van der Waals surface area contributed by atoms with Gasteiger partial charge in [0, 0.05) is 6.04 Å². The minimum Gasteiger partial charge on any atom is -0.375 e. The molecule has 1 aromatic rings. The zero-order valence-electron chi connectivity index (χ0n) is 10.6. The highest BCUT2D eigenvalue weighted by atomic mass is 79.9. The van der Waals surface area contributed by atoms with Crippen molar-refractivity contribution in [2.45, 2.75) is 32.7 Å². The van der Waals surface area contributed by atoms with Crippen LogP contribution in [0.4, 0.5) is 5.69 Å². The van der Waals surface area contributed by atoms with E-state index in [0.717, 1.165) is 23.0 Å². The van der Waals surface area contributed by atoms with Crippen molar-refractivity contribution < 1.29 is 4.79 Å². The second kappa shape index (κ2) is 7.64. The fraction of sp³-hybridized carbons (Fsp3) is 0.462. The van der Waals surface area contributed by atoms with E-state index in [1.165, 1.54) is 0 Å². The van der Waals surface area contributed by atoms with Crippen molar-refractivity contribution in [3.05, 3.63) is 27.7 Å². The molecule has 5 heteroatoms. The second-order valence-corrected chi connectivity index (χ2v) is 5.24. The summed E-state index contributed by atoms with van der Waals surface area (Å²) in [6.45, 7) is 4.38. The van der Waals surface area contributed by atoms with Crippen molar-refractivity contribution in [2.24, 2.45) is 0 Å². The van der Waals surface area contributed by atoms with E-state index in [-0.39, 0.29) is 18.5 Å². The smallest absolute Gasteiger partial charge is 0.239 e. The maximum absolute atomic E-state index is 11.7. The predicted molar refractivity (Wildman–Crippen MR) is 80.2 cm³/mol. The Balaban J connectivity index is 2.50. The normalized spacial score (nSPS) is 10.5. The number of carbonyl (C=O) groups excluding carboxylic acids is 1. The fourth-order valence-corrected chi connectivity index (χ4v) is 2.17. The summed E-state index contributed by atoms with van der Waals surface area (Å²) in [5.41, 5.74) is 0.821. The van der Waals surface area contributed by atoms with Crippen LogP contribution in [0, 0.1) is 0 Å². The highest BCUT2D eigenvalue weighted by molar-refractivity contribution is 9.10. The summed E-state index contributed by atoms with van der Waals surface area (Å²) in [6.07, 6.45) is 1.90. The van der Waals surface area contributed by atoms with Crippen LogP contribution in [-0.4, -0.2) is 18.5 Å². The topological polar surface area (TPSA) is 41.1 Å². The Morgan fingerprint density at radius 2 is 2.06 bits per heavy atom. The number of carbonyl (C=O) groups is 1. The number of halogens is 2. The Morgan fingerprint density at radius 3 is 2.67 bits per heavy atom. The third-order valence-electron chi connectivity index (χ3n) is 2.74. The number of rotatable bonds is 6. The molecule has 18 heavy (non-hydrogen) atoms. The van der Waals surface area contributed by atoms with Crippen LogP contribution >= 0.6 is 27.5 Å². The van der Waals surface area contributed by atoms with E-state index in [2.05, 4.69) is 40.4 Å². The monoisotopic (exact) mass is 332 g/mol. The van der Waals surface area contributed by atoms with E-state index in [4.69, 9.17) is 11.6 Å². The molecular formula is C13H18BrClN2O. The average molecular weight is 334 g/mol. The number of hydrogen-bond donors (Lipinski definition) is 2. The lowest BCUT2D eigenvalue weighted by atomic mass is 10.2. The molecule has 0 heterocycles. The van der Waals surface area contributed by atoms with E-state index in [9.17, 15) is 4.79 Å². The van der Waals surface area contributed by atoms with Gasteiger partial charge in [-0.3, -0.25) is 4.79 Å². The zero-order chi connectivity index (χ0) is 13.5. The van der Waals surface area contributed by atoms with Crippen molar-refractivity contribution in [1.29, 1.82) is 0 Å². The van der Waals surface area contributed by atoms with E-state index < -0.39 is 0 Å². The van der Waals surface area contributed by atoms with Gasteiger partial charge in [-0.15, -0.1) is 0 Å². The largest absolute Gasteiger partial charge is 0.375 e. The van der Waals surface area contributed by atoms with Crippen LogP contribution in [0.3, 0.4) is 0 Å². The molecule has 3 nitrogen and oxygen atoms in total. The van der Waals surface area contributed by atoms with E-state index >= 15 is 0 Å². The van der Waals surface area contributed by atoms with Crippen LogP contribution in [0.5, 0.6) is 0 Å². The first-order valence-electron chi connectivity index (χ1n) is 6.05. The molecule has 100 valence electrons. The lowest BCUT2D eigenvalue weighted by Gasteiger charge is -2.15. The standard InChI is InChI=1S/C13H18BrClN2O/c1-3-9(4-2)17-12(18)8-16-11-7-5-6-10(15)13(11)14/h5-7,9,16H,3-4,8H2,1-2H3,(H,17,18). The van der Waals surface area contributed by atoms with Gasteiger partial charge in [-0.1, -0.05) is 31.5 Å². The Morgan fingerprint density at radius 1 is 1.39 bits per heavy atom. The molecule has 0 saturated heterocycles. The molecule has 1 rings (SSSR count). The van der Waals surface area contributed by atoms with E-state index in [1.54, 1.807) is 6.07 Å². The fourth-order valence-electron chi connectivity index (χ4n) is 1.59. The van der Waals surface area contributed by atoms with Gasteiger partial charge in [0.1, 0.15) is 0 Å². The number of benzene rings is 1. The molecule has 0 aliphatic heterocycles. The lowest BCUT2D eigenvalue weighted by molar-refractivity contribution is -0.120. The molecule has 0 saturated carbocycles. The van der Waals surface area contributed by atoms with Gasteiger partial charge in [-0.25, -0.2) is 0 Å². The van der Waals surface area contributed by atoms with Gasteiger partial charge in [-0.2, -0.15) is 0 Å². The van der Waals surface area contributed by atoms with Gasteiger partial charge in [0.15, 0.2) is 0 Å². The molecule has 0 spiro atoms. The first-order chi connectivity index (χ1) is 8.58. The summed E-state index contributed by atoms with van der Waals surface area (Å²) in [7, 11) is 0. The highest BCUT2D eigenvalue weighted by Crippen LogP contribution is 2.29. The molecule has 1 aromatic carbocycles. The van der Waals surface area contributed by atoms with Gasteiger partial charge in [0.25, 0.3) is 0 Å². The van der Waals surface area contributed by atoms with Crippen LogP contribution in [-0.2, 0) is 4.79 Å². The molecule has 2 N–H and O–H groups in total. The van der Waals surface area contributed by atoms with Gasteiger partial charge in [0.2, 0.25) is 5.91 Å². The molecule has 0 atom stereocenters. The van der Waals surface area contributed by atoms with E-state index in [0.29, 0.717) is 5.02 Å². The van der Waals surface area contributed by atoms with Crippen molar-refractivity contribution in [2.75, 3.05) is 11.9 Å². The molecule has 0 radical (unpaired) electrons. The van der Waals surface area contributed by atoms with Crippen molar-refractivity contribution in [1.82, 2.24) is 5.32 Å². The van der Waals surface area contributed by atoms with Crippen LogP contribution in [0.25, 0.3) is 0 Å². The van der Waals surface area contributed by atoms with Crippen LogP contribution in [0.1, 0.15) is 26.7 Å². The van der Waals surface area contributed by atoms with Crippen molar-refractivity contribution in [3.8, 4) is 0 Å². The van der Waals surface area contributed by atoms with Gasteiger partial charge < -0.3 is 10.6 Å². The van der Waals surface area contributed by atoms with Gasteiger partial charge in [-0.05, 0) is 40.9 Å². The average Bonchev–Trinajstić information content (AvgIpc) is 2.37. The van der Waals surface area contributed by atoms with Crippen LogP contribution in [0.2, 0.25) is 5.02 Å². The summed E-state index contributed by atoms with van der Waals surface area (Å²) in [5, 5.41) is 6.66. The quantitative estimate of drug-likeness (QED) is 0.831. The second-order valence-electron chi connectivity index (χ2n) is 4.04. The summed E-state index contributed by atoms with van der Waals surface area (Å²) in [5.74, 6) is -0.00410. The predicted octanol–water partition coefficient (Wildman–Crippen LogP) is 3.82. The Bertz CT molecular complexity index is 408. The van der Waals surface area contributed by atoms with Crippen molar-refractivity contribution in [3.63, 3.8) is 0 Å². The van der Waals surface area contributed by atoms with Gasteiger partial charge in [0.05, 0.1) is 21.7 Å². The molecular weight excluding hydrogens is 316 g/mol. The molecule has 0 unspecified atom stereocenters. The molecule has 0 fully saturated rings. The first-order valence-corrected chi connectivity index (χ1v) is 7.22. The maximum Gasteiger partial charge on any atom is 0.239 e. The highest BCUT2D eigenvalue weighted by Gasteiger charge is 2.09. The third kappa shape index (κ3) is 4.50. The molecule has 0 aliphatic carbocycles. The zero-order valence-corrected chi connectivity index (χ0v) is 12.9. The minimum absolute atomic E-state index is 0.00410. The van der Waals surface area contributed by atoms with Gasteiger partial charge >= 0.3 is 0 Å². The molecule has 1 amide bonds. The summed E-state index contributed by atoms with van der Waals surface area (Å²) in [6, 6.07) is 5.76. The minimum atomic E-state index is -0.00410. The Kier molecular flexibility index (Phi) is 6.50. The molecule has 0 aromatic heterocycles. The van der Waals surface area contributed by atoms with Crippen LogP contribution in [0.15, 0.2) is 22.7 Å². The Labute approximate surface area is 121 Å². The number of amides is 1. The van der Waals surface area contributed by atoms with Crippen LogP contribution < -0.4 is 10.6 Å². The lowest BCUT2D eigenvalue weighted by Crippen LogP contribution is -2.37. The van der Waals surface area contributed by atoms with E-state index in [1.807, 2.05) is 12.1 Å². The maximum atomic E-state index is 11.7. The molecule has 0 bridgehead atoms. The summed E-state index contributed by atoms with van der Waals surface area (Å²) < 4.78 is 0.780. The summed E-state index contributed by atoms with van der Waals surface area (Å²) in [4.78, 5) is 11.7. The van der Waals surface area contributed by atoms with Crippen molar-refractivity contribution >= 4 is 39.1 Å². The Hall–Kier alpha value is -0.740. The number of hydrogen-bond acceptors (Lipinski definition) is 2. The SMILES string of the molecule is CCC(CC)NC(=O)CNc1cccc(Cl)c1Br.